The number of carboxylic acid groups (broad SMARTS) is 1. The van der Waals surface area contributed by atoms with Gasteiger partial charge in [0.05, 0.1) is 0 Å². The molecule has 1 heterocycles. The molecule has 0 atom stereocenters. The Hall–Kier alpha value is -2.29. The van der Waals surface area contributed by atoms with E-state index in [0.29, 0.717) is 5.57 Å². The van der Waals surface area contributed by atoms with Crippen molar-refractivity contribution in [2.24, 2.45) is 0 Å². The molecule has 0 spiro atoms. The SMILES string of the molecule is CC(/C=C\c1c[nH]c2ccccc12)=C\C(=O)O. The topological polar surface area (TPSA) is 53.1 Å². The molecule has 3 heteroatoms. The number of H-pyrrole nitrogens is 1. The van der Waals surface area contributed by atoms with Crippen LogP contribution in [0.2, 0.25) is 0 Å². The van der Waals surface area contributed by atoms with Crippen LogP contribution in [0.15, 0.2) is 48.2 Å². The third kappa shape index (κ3) is 2.64. The number of hydrogen-bond acceptors (Lipinski definition) is 1. The van der Waals surface area contributed by atoms with Gasteiger partial charge in [0, 0.05) is 23.2 Å². The molecule has 2 N–H and O–H groups in total. The highest BCUT2D eigenvalue weighted by atomic mass is 16.4. The lowest BCUT2D eigenvalue weighted by Crippen LogP contribution is -1.87. The van der Waals surface area contributed by atoms with Crippen molar-refractivity contribution < 1.29 is 9.90 Å². The van der Waals surface area contributed by atoms with Gasteiger partial charge in [-0.05, 0) is 24.1 Å². The molecule has 0 saturated heterocycles. The Morgan fingerprint density at radius 3 is 2.88 bits per heavy atom. The molecule has 0 amide bonds. The van der Waals surface area contributed by atoms with Crippen LogP contribution in [0.3, 0.4) is 0 Å². The molecule has 0 aliphatic rings. The maximum absolute atomic E-state index is 10.5. The van der Waals surface area contributed by atoms with Crippen LogP contribution in [0, 0.1) is 0 Å². The van der Waals surface area contributed by atoms with Crippen molar-refractivity contribution in [1.29, 1.82) is 0 Å². The number of nitrogens with one attached hydrogen (secondary N) is 1. The van der Waals surface area contributed by atoms with Gasteiger partial charge in [0.1, 0.15) is 0 Å². The molecule has 1 aromatic carbocycles. The molecule has 17 heavy (non-hydrogen) atoms. The first-order valence-electron chi connectivity index (χ1n) is 5.32. The van der Waals surface area contributed by atoms with E-state index in [0.717, 1.165) is 16.5 Å². The Labute approximate surface area is 99.1 Å². The largest absolute Gasteiger partial charge is 0.478 e. The minimum atomic E-state index is -0.925. The Morgan fingerprint density at radius 2 is 2.12 bits per heavy atom. The monoisotopic (exact) mass is 227 g/mol. The van der Waals surface area contributed by atoms with Gasteiger partial charge in [-0.2, -0.15) is 0 Å². The summed E-state index contributed by atoms with van der Waals surface area (Å²) >= 11 is 0. The summed E-state index contributed by atoms with van der Waals surface area (Å²) in [5.41, 5.74) is 2.84. The average Bonchev–Trinajstić information content (AvgIpc) is 2.69. The molecule has 1 aromatic heterocycles. The fraction of sp³-hybridized carbons (Fsp3) is 0.0714. The van der Waals surface area contributed by atoms with E-state index in [1.165, 1.54) is 6.08 Å². The molecule has 0 unspecified atom stereocenters. The summed E-state index contributed by atoms with van der Waals surface area (Å²) in [6.07, 6.45) is 6.80. The van der Waals surface area contributed by atoms with Crippen LogP contribution < -0.4 is 0 Å². The fourth-order valence-electron chi connectivity index (χ4n) is 1.70. The third-order valence-corrected chi connectivity index (χ3v) is 2.50. The zero-order valence-electron chi connectivity index (χ0n) is 9.47. The molecule has 0 aliphatic heterocycles. The number of aliphatic carboxylic acids is 1. The van der Waals surface area contributed by atoms with E-state index < -0.39 is 5.97 Å². The lowest BCUT2D eigenvalue weighted by atomic mass is 10.1. The first-order valence-corrected chi connectivity index (χ1v) is 5.32. The van der Waals surface area contributed by atoms with Crippen LogP contribution in [0.1, 0.15) is 12.5 Å². The summed E-state index contributed by atoms with van der Waals surface area (Å²) in [5.74, 6) is -0.925. The number of aromatic amines is 1. The summed E-state index contributed by atoms with van der Waals surface area (Å²) in [4.78, 5) is 13.6. The first-order chi connectivity index (χ1) is 8.16. The van der Waals surface area contributed by atoms with E-state index in [2.05, 4.69) is 4.98 Å². The summed E-state index contributed by atoms with van der Waals surface area (Å²) in [6.45, 7) is 1.76. The van der Waals surface area contributed by atoms with Gasteiger partial charge in [0.2, 0.25) is 0 Å². The van der Waals surface area contributed by atoms with Crippen molar-refractivity contribution in [2.75, 3.05) is 0 Å². The van der Waals surface area contributed by atoms with E-state index in [9.17, 15) is 4.79 Å². The summed E-state index contributed by atoms with van der Waals surface area (Å²) in [7, 11) is 0. The van der Waals surface area contributed by atoms with Gasteiger partial charge in [-0.1, -0.05) is 30.4 Å². The first kappa shape index (κ1) is 11.2. The van der Waals surface area contributed by atoms with E-state index in [4.69, 9.17) is 5.11 Å². The maximum Gasteiger partial charge on any atom is 0.328 e. The molecule has 2 aromatic rings. The van der Waals surface area contributed by atoms with Crippen molar-refractivity contribution in [3.63, 3.8) is 0 Å². The lowest BCUT2D eigenvalue weighted by molar-refractivity contribution is -0.131. The van der Waals surface area contributed by atoms with Crippen LogP contribution in [0.5, 0.6) is 0 Å². The molecule has 0 bridgehead atoms. The molecule has 0 saturated carbocycles. The number of carbonyl (C=O) groups is 1. The highest BCUT2D eigenvalue weighted by Crippen LogP contribution is 2.19. The third-order valence-electron chi connectivity index (χ3n) is 2.50. The lowest BCUT2D eigenvalue weighted by Gasteiger charge is -1.92. The second-order valence-corrected chi connectivity index (χ2v) is 3.85. The van der Waals surface area contributed by atoms with Gasteiger partial charge in [0.15, 0.2) is 0 Å². The number of fused-ring (bicyclic) bond motifs is 1. The Morgan fingerprint density at radius 1 is 1.35 bits per heavy atom. The average molecular weight is 227 g/mol. The second-order valence-electron chi connectivity index (χ2n) is 3.85. The zero-order chi connectivity index (χ0) is 12.3. The van der Waals surface area contributed by atoms with E-state index >= 15 is 0 Å². The van der Waals surface area contributed by atoms with Crippen LogP contribution in [0.4, 0.5) is 0 Å². The highest BCUT2D eigenvalue weighted by Gasteiger charge is 1.98. The maximum atomic E-state index is 10.5. The van der Waals surface area contributed by atoms with Crippen molar-refractivity contribution in [3.05, 3.63) is 53.8 Å². The van der Waals surface area contributed by atoms with Crippen molar-refractivity contribution in [3.8, 4) is 0 Å². The van der Waals surface area contributed by atoms with E-state index in [1.54, 1.807) is 13.0 Å². The predicted octanol–water partition coefficient (Wildman–Crippen LogP) is 3.21. The molecule has 0 fully saturated rings. The number of para-hydroxylation sites is 1. The van der Waals surface area contributed by atoms with Gasteiger partial charge in [-0.3, -0.25) is 0 Å². The van der Waals surface area contributed by atoms with Gasteiger partial charge < -0.3 is 10.1 Å². The zero-order valence-corrected chi connectivity index (χ0v) is 9.47. The van der Waals surface area contributed by atoms with Gasteiger partial charge in [0.25, 0.3) is 0 Å². The summed E-state index contributed by atoms with van der Waals surface area (Å²) in [6, 6.07) is 7.99. The molecule has 2 rings (SSSR count). The smallest absolute Gasteiger partial charge is 0.328 e. The Bertz CT molecular complexity index is 605. The number of allylic oxidation sites excluding steroid dienone is 2. The quantitative estimate of drug-likeness (QED) is 0.625. The van der Waals surface area contributed by atoms with Crippen molar-refractivity contribution in [1.82, 2.24) is 4.98 Å². The second kappa shape index (κ2) is 4.70. The van der Waals surface area contributed by atoms with E-state index in [-0.39, 0.29) is 0 Å². The molecular weight excluding hydrogens is 214 g/mol. The Kier molecular flexibility index (Phi) is 3.10. The van der Waals surface area contributed by atoms with Crippen LogP contribution in [-0.2, 0) is 4.79 Å². The Balaban J connectivity index is 2.30. The minimum Gasteiger partial charge on any atom is -0.478 e. The fourth-order valence-corrected chi connectivity index (χ4v) is 1.70. The molecule has 86 valence electrons. The van der Waals surface area contributed by atoms with Crippen LogP contribution in [-0.4, -0.2) is 16.1 Å². The summed E-state index contributed by atoms with van der Waals surface area (Å²) < 4.78 is 0. The van der Waals surface area contributed by atoms with Crippen molar-refractivity contribution in [2.45, 2.75) is 6.92 Å². The number of hydrogen-bond donors (Lipinski definition) is 2. The van der Waals surface area contributed by atoms with Crippen LogP contribution >= 0.6 is 0 Å². The van der Waals surface area contributed by atoms with Gasteiger partial charge >= 0.3 is 5.97 Å². The number of benzene rings is 1. The van der Waals surface area contributed by atoms with E-state index in [1.807, 2.05) is 36.5 Å². The predicted molar refractivity (Wildman–Crippen MR) is 68.7 cm³/mol. The van der Waals surface area contributed by atoms with Gasteiger partial charge in [-0.15, -0.1) is 0 Å². The minimum absolute atomic E-state index is 0.711. The number of aromatic nitrogens is 1. The highest BCUT2D eigenvalue weighted by molar-refractivity contribution is 5.89. The molecular formula is C14H13NO2. The molecule has 3 nitrogen and oxygen atoms in total. The number of rotatable bonds is 3. The standard InChI is InChI=1S/C14H13NO2/c1-10(8-14(16)17)6-7-11-9-15-13-5-3-2-4-12(11)13/h2-9,15H,1H3,(H,16,17)/b7-6-,10-8+. The molecule has 0 radical (unpaired) electrons. The van der Waals surface area contributed by atoms with Crippen molar-refractivity contribution >= 4 is 22.9 Å². The summed E-state index contributed by atoms with van der Waals surface area (Å²) in [5, 5.41) is 9.73. The van der Waals surface area contributed by atoms with Gasteiger partial charge in [-0.25, -0.2) is 4.79 Å². The van der Waals surface area contributed by atoms with Crippen LogP contribution in [0.25, 0.3) is 17.0 Å². The normalized spacial score (nSPS) is 12.4. The molecule has 0 aliphatic carbocycles. The number of carboxylic acids is 1.